The van der Waals surface area contributed by atoms with Gasteiger partial charge in [0, 0.05) is 105 Å². The fourth-order valence-corrected chi connectivity index (χ4v) is 12.5. The van der Waals surface area contributed by atoms with E-state index in [-0.39, 0.29) is 109 Å². The number of ether oxygens (including phenoxy) is 6. The average molecular weight is 1270 g/mol. The SMILES string of the molecule is CO[C@H]1OCCN2[C@@H]1O[C@@H]1[C@H](C)OC(O[C@H]3C[C@](O)(C(C)=O)Cc4c(O)c5c(c(O)c43)C(=O)c3c(NC(=O)CNC(=O)OCc4ccc(NC(=O)[C@H](CCCNC(N)=O)CC(=O)[C@@H](NC(=O)CCCCCN6C(=O)C=CC6=O)C(C)C)cc4)cccc3C5=O)C[C@@H]12. The summed E-state index contributed by atoms with van der Waals surface area (Å²) in [6.07, 6.45) is -2.03. The molecule has 3 aromatic rings. The minimum Gasteiger partial charge on any atom is -0.507 e. The highest BCUT2D eigenvalue weighted by Gasteiger charge is 2.55. The smallest absolute Gasteiger partial charge is 0.407 e. The minimum absolute atomic E-state index is 0.0966. The van der Waals surface area contributed by atoms with Gasteiger partial charge in [-0.05, 0) is 69.2 Å². The lowest BCUT2D eigenvalue weighted by Crippen LogP contribution is -2.55. The maximum atomic E-state index is 14.7. The number of methoxy groups -OCH3 is 1. The van der Waals surface area contributed by atoms with Gasteiger partial charge in [-0.2, -0.15) is 0 Å². The molecular formula is C63H76N8O20. The molecule has 0 spiro atoms. The zero-order valence-corrected chi connectivity index (χ0v) is 51.0. The number of amides is 8. The molecule has 4 aliphatic heterocycles. The summed E-state index contributed by atoms with van der Waals surface area (Å²) in [5, 5.41) is 48.8. The predicted octanol–water partition coefficient (Wildman–Crippen LogP) is 3.18. The van der Waals surface area contributed by atoms with Crippen LogP contribution in [0.2, 0.25) is 0 Å². The first kappa shape index (κ1) is 66.9. The molecule has 6 aliphatic rings. The number of aliphatic hydroxyl groups is 1. The van der Waals surface area contributed by atoms with Gasteiger partial charge < -0.3 is 76.1 Å². The molecule has 0 bridgehead atoms. The Morgan fingerprint density at radius 2 is 1.58 bits per heavy atom. The molecule has 10 atom stereocenters. The number of alkyl carbamates (subject to hydrolysis) is 1. The van der Waals surface area contributed by atoms with Crippen molar-refractivity contribution in [2.24, 2.45) is 17.6 Å². The number of benzene rings is 3. The topological polar surface area (TPSA) is 396 Å². The number of phenolic OH excluding ortho intramolecular Hbond substituents is 2. The quantitative estimate of drug-likeness (QED) is 0.0248. The predicted molar refractivity (Wildman–Crippen MR) is 319 cm³/mol. The Labute approximate surface area is 523 Å². The van der Waals surface area contributed by atoms with Gasteiger partial charge in [0.25, 0.3) is 11.8 Å². The molecule has 8 amide bonds. The second-order valence-corrected chi connectivity index (χ2v) is 23.8. The number of urea groups is 1. The van der Waals surface area contributed by atoms with Crippen molar-refractivity contribution in [1.82, 2.24) is 25.8 Å². The van der Waals surface area contributed by atoms with Crippen LogP contribution in [0.15, 0.2) is 54.6 Å². The van der Waals surface area contributed by atoms with Crippen molar-refractivity contribution in [3.05, 3.63) is 93.6 Å². The Balaban J connectivity index is 0.791. The Bertz CT molecular complexity index is 3390. The van der Waals surface area contributed by atoms with E-state index >= 15 is 0 Å². The molecule has 0 aromatic heterocycles. The highest BCUT2D eigenvalue weighted by Crippen LogP contribution is 2.53. The number of nitrogens with zero attached hydrogens (tertiary/aromatic N) is 2. The van der Waals surface area contributed by atoms with E-state index in [1.165, 1.54) is 49.6 Å². The van der Waals surface area contributed by atoms with Gasteiger partial charge >= 0.3 is 12.1 Å². The molecule has 3 aromatic carbocycles. The maximum absolute atomic E-state index is 14.7. The summed E-state index contributed by atoms with van der Waals surface area (Å²) >= 11 is 0. The van der Waals surface area contributed by atoms with Gasteiger partial charge in [0.05, 0.1) is 47.2 Å². The fraction of sp³-hybridized carbons (Fsp3) is 0.508. The highest BCUT2D eigenvalue weighted by atomic mass is 16.7. The number of imide groups is 1. The van der Waals surface area contributed by atoms with Crippen LogP contribution in [-0.4, -0.2) is 179 Å². The largest absolute Gasteiger partial charge is 0.507 e. The summed E-state index contributed by atoms with van der Waals surface area (Å²) in [5.74, 6) is -8.15. The Morgan fingerprint density at radius 1 is 0.857 bits per heavy atom. The molecule has 1 unspecified atom stereocenters. The summed E-state index contributed by atoms with van der Waals surface area (Å²) in [7, 11) is 1.51. The standard InChI is InChI=1S/C63H76N8O20/c1-31(2)52(69-43(74)14-7-6-8-22-71-45(76)19-20-46(71)77)41(73)25-35(11-10-21-65-61(64)83)58(82)67-36-17-15-34(16-18-36)30-88-62(84)66-29-44(75)68-39-13-9-12-37-48(39)55(80)51-50(53(37)78)54(79)38-27-63(85,33(4)72)28-42(49(38)56(51)81)90-47-26-40-57(32(3)89-47)91-59-60(86-5)87-24-23-70(40)59/h9,12-13,15-20,31-32,35,40,42,47,52,57,59-60,79,81,85H,6-8,10-11,14,21-30H2,1-5H3,(H,66,84)(H,67,82)(H,68,75)(H,69,74)(H3,64,65,83)/t32-,35+,40-,42-,47?,52-,57+,59+,60-,63-/m0/s1. The molecule has 0 saturated carbocycles. The summed E-state index contributed by atoms with van der Waals surface area (Å²) in [4.78, 5) is 147. The third-order valence-electron chi connectivity index (χ3n) is 17.3. The van der Waals surface area contributed by atoms with E-state index in [1.807, 2.05) is 0 Å². The van der Waals surface area contributed by atoms with Gasteiger partial charge in [-0.15, -0.1) is 0 Å². The average Bonchev–Trinajstić information content (AvgIpc) is 1.27. The van der Waals surface area contributed by atoms with Gasteiger partial charge in [0.1, 0.15) is 36.4 Å². The lowest BCUT2D eigenvalue weighted by atomic mass is 9.72. The molecule has 3 fully saturated rings. The maximum Gasteiger partial charge on any atom is 0.407 e. The first-order chi connectivity index (χ1) is 43.4. The monoisotopic (exact) mass is 1260 g/mol. The molecule has 4 heterocycles. The van der Waals surface area contributed by atoms with Gasteiger partial charge in [0.15, 0.2) is 41.9 Å². The van der Waals surface area contributed by atoms with Crippen molar-refractivity contribution < 1.29 is 96.5 Å². The van der Waals surface area contributed by atoms with E-state index in [4.69, 9.17) is 34.2 Å². The first-order valence-electron chi connectivity index (χ1n) is 30.3. The molecule has 0 radical (unpaired) electrons. The van der Waals surface area contributed by atoms with Gasteiger partial charge in [-0.1, -0.05) is 44.5 Å². The number of phenols is 2. The summed E-state index contributed by atoms with van der Waals surface area (Å²) in [6, 6.07) is 8.26. The van der Waals surface area contributed by atoms with E-state index < -0.39 is 138 Å². The third kappa shape index (κ3) is 15.0. The van der Waals surface area contributed by atoms with E-state index in [9.17, 15) is 68.1 Å². The second-order valence-electron chi connectivity index (χ2n) is 23.8. The number of hydrogen-bond acceptors (Lipinski definition) is 21. The van der Waals surface area contributed by atoms with Crippen molar-refractivity contribution in [1.29, 1.82) is 0 Å². The lowest BCUT2D eigenvalue weighted by molar-refractivity contribution is -0.256. The highest BCUT2D eigenvalue weighted by molar-refractivity contribution is 6.32. The number of unbranched alkanes of at least 4 members (excludes halogenated alkanes) is 2. The van der Waals surface area contributed by atoms with Crippen LogP contribution in [0.3, 0.4) is 0 Å². The molecule has 9 rings (SSSR count). The fourth-order valence-electron chi connectivity index (χ4n) is 12.5. The normalized spacial score (nSPS) is 23.9. The molecule has 3 saturated heterocycles. The number of carbonyl (C=O) groups is 11. The number of aromatic hydroxyl groups is 2. The zero-order chi connectivity index (χ0) is 65.6. The van der Waals surface area contributed by atoms with Crippen LogP contribution in [0, 0.1) is 11.8 Å². The zero-order valence-electron chi connectivity index (χ0n) is 51.0. The Kier molecular flexibility index (Phi) is 21.1. The molecule has 28 nitrogen and oxygen atoms in total. The number of rotatable bonds is 26. The van der Waals surface area contributed by atoms with Gasteiger partial charge in [-0.25, -0.2) is 9.59 Å². The molecule has 91 heavy (non-hydrogen) atoms. The number of Topliss-reactive ketones (excluding diaryl/α,β-unsaturated/α-hetero) is 2. The molecular weight excluding hydrogens is 1190 g/mol. The van der Waals surface area contributed by atoms with Gasteiger partial charge in [0.2, 0.25) is 17.7 Å². The van der Waals surface area contributed by atoms with Crippen LogP contribution in [0.25, 0.3) is 0 Å². The van der Waals surface area contributed by atoms with Crippen molar-refractivity contribution in [3.8, 4) is 11.5 Å². The number of hydrogen-bond donors (Lipinski definition) is 9. The van der Waals surface area contributed by atoms with E-state index in [1.54, 1.807) is 32.9 Å². The number of morpholine rings is 1. The van der Waals surface area contributed by atoms with Crippen molar-refractivity contribution in [2.75, 3.05) is 50.5 Å². The number of fused-ring (bicyclic) bond motifs is 6. The van der Waals surface area contributed by atoms with Crippen LogP contribution in [0.5, 0.6) is 11.5 Å². The van der Waals surface area contributed by atoms with Crippen LogP contribution >= 0.6 is 0 Å². The van der Waals surface area contributed by atoms with Crippen LogP contribution in [0.4, 0.5) is 21.0 Å². The molecule has 10 N–H and O–H groups in total. The van der Waals surface area contributed by atoms with Crippen LogP contribution in [-0.2, 0) is 75.0 Å². The third-order valence-corrected chi connectivity index (χ3v) is 17.3. The number of primary amides is 1. The molecule has 2 aliphatic carbocycles. The Morgan fingerprint density at radius 3 is 2.27 bits per heavy atom. The summed E-state index contributed by atoms with van der Waals surface area (Å²) in [6.45, 7) is 6.77. The van der Waals surface area contributed by atoms with Gasteiger partial charge in [-0.3, -0.25) is 53.0 Å². The number of ketones is 4. The molecule has 28 heteroatoms. The number of anilines is 2. The van der Waals surface area contributed by atoms with Crippen molar-refractivity contribution in [2.45, 2.75) is 153 Å². The van der Waals surface area contributed by atoms with E-state index in [2.05, 4.69) is 31.5 Å². The van der Waals surface area contributed by atoms with E-state index in [0.29, 0.717) is 50.1 Å². The second kappa shape index (κ2) is 28.8. The number of nitrogens with one attached hydrogen (secondary N) is 5. The Hall–Kier alpha value is -8.51. The first-order valence-corrected chi connectivity index (χ1v) is 30.3. The van der Waals surface area contributed by atoms with E-state index in [0.717, 1.165) is 11.8 Å². The van der Waals surface area contributed by atoms with Crippen LogP contribution < -0.4 is 32.3 Å². The number of nitrogens with two attached hydrogens (primary N) is 1. The van der Waals surface area contributed by atoms with Crippen molar-refractivity contribution in [3.63, 3.8) is 0 Å². The molecule has 488 valence electrons. The number of carbonyl (C=O) groups excluding carboxylic acids is 11. The van der Waals surface area contributed by atoms with Crippen LogP contribution in [0.1, 0.15) is 140 Å². The summed E-state index contributed by atoms with van der Waals surface area (Å²) in [5.41, 5.74) is 1.62. The van der Waals surface area contributed by atoms with Crippen molar-refractivity contribution >= 4 is 76.2 Å². The minimum atomic E-state index is -2.14. The lowest BCUT2D eigenvalue weighted by Gasteiger charge is -2.43. The summed E-state index contributed by atoms with van der Waals surface area (Å²) < 4.78 is 35.7.